The van der Waals surface area contributed by atoms with Crippen molar-refractivity contribution in [2.45, 2.75) is 13.2 Å². The van der Waals surface area contributed by atoms with Gasteiger partial charge in [0.15, 0.2) is 11.5 Å². The first-order valence-corrected chi connectivity index (χ1v) is 12.8. The van der Waals surface area contributed by atoms with Gasteiger partial charge in [-0.2, -0.15) is 0 Å². The Morgan fingerprint density at radius 2 is 1.68 bits per heavy atom. The smallest absolute Gasteiger partial charge is 0.293 e. The topological polar surface area (TPSA) is 65.1 Å². The van der Waals surface area contributed by atoms with Crippen LogP contribution in [0, 0.1) is 0 Å². The number of imide groups is 1. The first kappa shape index (κ1) is 23.5. The normalized spacial score (nSPS) is 15.7. The number of carbonyl (C=O) groups is 2. The van der Waals surface area contributed by atoms with Crippen LogP contribution in [0.15, 0.2) is 83.8 Å². The molecule has 0 saturated carbocycles. The van der Waals surface area contributed by atoms with E-state index in [0.717, 1.165) is 28.1 Å². The third kappa shape index (κ3) is 4.63. The van der Waals surface area contributed by atoms with E-state index >= 15 is 0 Å². The summed E-state index contributed by atoms with van der Waals surface area (Å²) in [6.45, 7) is 0.522. The predicted molar refractivity (Wildman–Crippen MR) is 144 cm³/mol. The molecule has 2 heterocycles. The highest BCUT2D eigenvalue weighted by molar-refractivity contribution is 8.18. The summed E-state index contributed by atoms with van der Waals surface area (Å²) in [4.78, 5) is 27.4. The first-order chi connectivity index (χ1) is 18.1. The number of amides is 2. The lowest BCUT2D eigenvalue weighted by Crippen LogP contribution is -2.27. The van der Waals surface area contributed by atoms with Gasteiger partial charge in [-0.1, -0.05) is 72.3 Å². The van der Waals surface area contributed by atoms with Crippen molar-refractivity contribution in [1.29, 1.82) is 0 Å². The number of nitrogens with zero attached hydrogens (tertiary/aromatic N) is 1. The minimum Gasteiger partial charge on any atom is -0.488 e. The lowest BCUT2D eigenvalue weighted by Gasteiger charge is -2.14. The van der Waals surface area contributed by atoms with Gasteiger partial charge in [-0.15, -0.1) is 0 Å². The Labute approximate surface area is 222 Å². The van der Waals surface area contributed by atoms with E-state index in [1.165, 1.54) is 4.90 Å². The van der Waals surface area contributed by atoms with E-state index in [4.69, 9.17) is 25.8 Å². The maximum atomic E-state index is 13.2. The van der Waals surface area contributed by atoms with Crippen LogP contribution in [0.2, 0.25) is 5.02 Å². The number of hydrogen-bond acceptors (Lipinski definition) is 6. The van der Waals surface area contributed by atoms with Crippen molar-refractivity contribution in [2.24, 2.45) is 0 Å². The average molecular weight is 530 g/mol. The first-order valence-electron chi connectivity index (χ1n) is 11.6. The van der Waals surface area contributed by atoms with E-state index in [9.17, 15) is 9.59 Å². The third-order valence-corrected chi connectivity index (χ3v) is 7.47. The Bertz CT molecular complexity index is 1580. The van der Waals surface area contributed by atoms with Crippen LogP contribution in [0.3, 0.4) is 0 Å². The lowest BCUT2D eigenvalue weighted by molar-refractivity contribution is -0.123. The van der Waals surface area contributed by atoms with Gasteiger partial charge in [0.25, 0.3) is 11.1 Å². The van der Waals surface area contributed by atoms with Crippen LogP contribution in [0.1, 0.15) is 16.7 Å². The number of halogens is 1. The van der Waals surface area contributed by atoms with Crippen LogP contribution in [-0.4, -0.2) is 22.8 Å². The molecule has 1 fully saturated rings. The highest BCUT2D eigenvalue weighted by Gasteiger charge is 2.36. The fraction of sp³-hybridized carbons (Fsp3) is 0.103. The van der Waals surface area contributed by atoms with Gasteiger partial charge in [0.05, 0.1) is 11.4 Å². The summed E-state index contributed by atoms with van der Waals surface area (Å²) in [5.74, 6) is 1.33. The van der Waals surface area contributed by atoms with Crippen molar-refractivity contribution >= 4 is 51.4 Å². The standard InChI is InChI=1S/C29H20ClNO5S/c30-23-14-26-25(35-17-36-26)12-21(23)15-31-28(32)27(37-29(31)33)13-19-7-2-4-11-24(19)34-16-20-9-5-8-18-6-1-3-10-22(18)20/h1-14H,15-17H2/b27-13-. The number of thioether (sulfide) groups is 1. The molecule has 2 aliphatic rings. The van der Waals surface area contributed by atoms with Crippen LogP contribution in [0.5, 0.6) is 17.2 Å². The molecular formula is C29H20ClNO5S. The Hall–Kier alpha value is -3.94. The molecule has 2 aliphatic heterocycles. The molecule has 184 valence electrons. The zero-order valence-electron chi connectivity index (χ0n) is 19.5. The zero-order chi connectivity index (χ0) is 25.4. The lowest BCUT2D eigenvalue weighted by atomic mass is 10.1. The Balaban J connectivity index is 1.22. The maximum absolute atomic E-state index is 13.2. The molecule has 0 aromatic heterocycles. The number of fused-ring (bicyclic) bond motifs is 2. The van der Waals surface area contributed by atoms with E-state index in [2.05, 4.69) is 18.2 Å². The molecule has 0 radical (unpaired) electrons. The van der Waals surface area contributed by atoms with Crippen LogP contribution in [0.25, 0.3) is 16.8 Å². The number of para-hydroxylation sites is 1. The van der Waals surface area contributed by atoms with Crippen LogP contribution < -0.4 is 14.2 Å². The summed E-state index contributed by atoms with van der Waals surface area (Å²) in [5, 5.41) is 2.32. The van der Waals surface area contributed by atoms with Crippen molar-refractivity contribution in [3.05, 3.63) is 105 Å². The molecule has 0 atom stereocenters. The molecule has 4 aromatic carbocycles. The number of benzene rings is 4. The quantitative estimate of drug-likeness (QED) is 0.250. The predicted octanol–water partition coefficient (Wildman–Crippen LogP) is 7.04. The Morgan fingerprint density at radius 3 is 2.57 bits per heavy atom. The monoisotopic (exact) mass is 529 g/mol. The molecule has 0 unspecified atom stereocenters. The summed E-state index contributed by atoms with van der Waals surface area (Å²) in [6, 6.07) is 25.1. The van der Waals surface area contributed by atoms with Crippen molar-refractivity contribution < 1.29 is 23.8 Å². The molecule has 0 bridgehead atoms. The van der Waals surface area contributed by atoms with Gasteiger partial charge in [0, 0.05) is 16.7 Å². The molecule has 6 nitrogen and oxygen atoms in total. The van der Waals surface area contributed by atoms with E-state index < -0.39 is 0 Å². The second-order valence-corrected chi connectivity index (χ2v) is 9.93. The largest absolute Gasteiger partial charge is 0.488 e. The summed E-state index contributed by atoms with van der Waals surface area (Å²) >= 11 is 7.26. The second-order valence-electron chi connectivity index (χ2n) is 8.53. The van der Waals surface area contributed by atoms with Crippen molar-refractivity contribution in [3.8, 4) is 17.2 Å². The number of ether oxygens (including phenoxy) is 3. The Morgan fingerprint density at radius 1 is 0.919 bits per heavy atom. The number of carbonyl (C=O) groups excluding carboxylic acids is 2. The van der Waals surface area contributed by atoms with E-state index in [-0.39, 0.29) is 24.5 Å². The summed E-state index contributed by atoms with van der Waals surface area (Å²) < 4.78 is 16.9. The average Bonchev–Trinajstić information content (AvgIpc) is 3.47. The molecular weight excluding hydrogens is 510 g/mol. The molecule has 0 spiro atoms. The van der Waals surface area contributed by atoms with E-state index in [0.29, 0.717) is 44.9 Å². The van der Waals surface area contributed by atoms with Gasteiger partial charge in [0.1, 0.15) is 12.4 Å². The van der Waals surface area contributed by atoms with Crippen LogP contribution in [0.4, 0.5) is 4.79 Å². The van der Waals surface area contributed by atoms with Gasteiger partial charge in [-0.3, -0.25) is 14.5 Å². The summed E-state index contributed by atoms with van der Waals surface area (Å²) in [7, 11) is 0. The molecule has 37 heavy (non-hydrogen) atoms. The molecule has 2 amide bonds. The van der Waals surface area contributed by atoms with Crippen molar-refractivity contribution in [2.75, 3.05) is 6.79 Å². The summed E-state index contributed by atoms with van der Waals surface area (Å²) in [5.41, 5.74) is 2.39. The number of rotatable bonds is 6. The molecule has 0 aliphatic carbocycles. The molecule has 0 N–H and O–H groups in total. The van der Waals surface area contributed by atoms with Crippen molar-refractivity contribution in [3.63, 3.8) is 0 Å². The Kier molecular flexibility index (Phi) is 6.24. The second kappa shape index (κ2) is 9.84. The van der Waals surface area contributed by atoms with Crippen molar-refractivity contribution in [1.82, 2.24) is 4.90 Å². The van der Waals surface area contributed by atoms with Gasteiger partial charge < -0.3 is 14.2 Å². The van der Waals surface area contributed by atoms with E-state index in [1.807, 2.05) is 48.5 Å². The van der Waals surface area contributed by atoms with Gasteiger partial charge in [-0.05, 0) is 51.9 Å². The SMILES string of the molecule is O=C1S/C(=C\c2ccccc2OCc2cccc3ccccc23)C(=O)N1Cc1cc2c(cc1Cl)OCO2. The summed E-state index contributed by atoms with van der Waals surface area (Å²) in [6.07, 6.45) is 1.70. The molecule has 8 heteroatoms. The van der Waals surface area contributed by atoms with Gasteiger partial charge in [0.2, 0.25) is 6.79 Å². The molecule has 6 rings (SSSR count). The van der Waals surface area contributed by atoms with E-state index in [1.54, 1.807) is 18.2 Å². The van der Waals surface area contributed by atoms with Crippen LogP contribution >= 0.6 is 23.4 Å². The zero-order valence-corrected chi connectivity index (χ0v) is 21.1. The fourth-order valence-electron chi connectivity index (χ4n) is 4.33. The maximum Gasteiger partial charge on any atom is 0.293 e. The number of hydrogen-bond donors (Lipinski definition) is 0. The fourth-order valence-corrected chi connectivity index (χ4v) is 5.38. The minimum atomic E-state index is -0.382. The van der Waals surface area contributed by atoms with Crippen LogP contribution in [-0.2, 0) is 17.9 Å². The third-order valence-electron chi connectivity index (χ3n) is 6.21. The molecule has 4 aromatic rings. The van der Waals surface area contributed by atoms with Gasteiger partial charge >= 0.3 is 0 Å². The molecule has 1 saturated heterocycles. The highest BCUT2D eigenvalue weighted by Crippen LogP contribution is 2.40. The van der Waals surface area contributed by atoms with Gasteiger partial charge in [-0.25, -0.2) is 0 Å². The minimum absolute atomic E-state index is 0.0384. The highest BCUT2D eigenvalue weighted by atomic mass is 35.5.